The highest BCUT2D eigenvalue weighted by molar-refractivity contribution is 6.10. The molecule has 1 N–H and O–H groups in total. The lowest BCUT2D eigenvalue weighted by Gasteiger charge is -2.31. The fourth-order valence-corrected chi connectivity index (χ4v) is 4.20. The highest BCUT2D eigenvalue weighted by atomic mass is 16.2. The zero-order chi connectivity index (χ0) is 19.1. The van der Waals surface area contributed by atoms with Crippen LogP contribution in [0.2, 0.25) is 0 Å². The van der Waals surface area contributed by atoms with Crippen molar-refractivity contribution in [2.24, 2.45) is 5.92 Å². The maximum atomic E-state index is 12.9. The number of Topliss-reactive ketones (excluding diaryl/α,β-unsaturated/α-hetero) is 1. The van der Waals surface area contributed by atoms with Gasteiger partial charge in [0.15, 0.2) is 5.78 Å². The minimum Gasteiger partial charge on any atom is -0.341 e. The first kappa shape index (κ1) is 17.2. The maximum absolute atomic E-state index is 12.9. The van der Waals surface area contributed by atoms with Crippen LogP contribution in [-0.2, 0) is 11.3 Å². The van der Waals surface area contributed by atoms with E-state index in [2.05, 4.69) is 15.2 Å². The molecule has 2 aromatic heterocycles. The maximum Gasteiger partial charge on any atom is 0.242 e. The predicted octanol–water partition coefficient (Wildman–Crippen LogP) is 2.76. The average Bonchev–Trinajstić information content (AvgIpc) is 3.31. The minimum absolute atomic E-state index is 0.0993. The molecule has 2 fully saturated rings. The average molecular weight is 377 g/mol. The normalized spacial score (nSPS) is 17.9. The Morgan fingerprint density at radius 1 is 1.11 bits per heavy atom. The smallest absolute Gasteiger partial charge is 0.242 e. The van der Waals surface area contributed by atoms with E-state index in [0.717, 1.165) is 61.1 Å². The van der Waals surface area contributed by atoms with E-state index in [9.17, 15) is 9.59 Å². The number of H-pyrrole nitrogens is 1. The Balaban J connectivity index is 1.31. The van der Waals surface area contributed by atoms with Crippen molar-refractivity contribution in [1.29, 1.82) is 0 Å². The van der Waals surface area contributed by atoms with Crippen molar-refractivity contribution in [3.63, 3.8) is 0 Å². The molecule has 3 heterocycles. The molecule has 0 radical (unpaired) electrons. The third-order valence-corrected chi connectivity index (χ3v) is 5.98. The number of para-hydroxylation sites is 1. The Morgan fingerprint density at radius 2 is 1.89 bits per heavy atom. The number of amides is 1. The summed E-state index contributed by atoms with van der Waals surface area (Å²) in [5, 5.41) is 7.81. The number of likely N-dealkylation sites (tertiary alicyclic amines) is 1. The van der Waals surface area contributed by atoms with Gasteiger partial charge in [-0.1, -0.05) is 18.2 Å². The summed E-state index contributed by atoms with van der Waals surface area (Å²) in [5.41, 5.74) is 1.71. The first-order chi connectivity index (χ1) is 13.7. The molecule has 28 heavy (non-hydrogen) atoms. The largest absolute Gasteiger partial charge is 0.341 e. The van der Waals surface area contributed by atoms with Crippen LogP contribution in [0.1, 0.15) is 47.8 Å². The quantitative estimate of drug-likeness (QED) is 0.693. The number of rotatable bonds is 5. The van der Waals surface area contributed by atoms with Gasteiger partial charge >= 0.3 is 0 Å². The molecule has 7 nitrogen and oxygen atoms in total. The summed E-state index contributed by atoms with van der Waals surface area (Å²) in [6, 6.07) is 7.88. The molecular weight excluding hydrogens is 354 g/mol. The third kappa shape index (κ3) is 3.10. The lowest BCUT2D eigenvalue weighted by atomic mass is 9.96. The molecule has 1 saturated heterocycles. The lowest BCUT2D eigenvalue weighted by molar-refractivity contribution is -0.132. The molecule has 1 aromatic carbocycles. The van der Waals surface area contributed by atoms with Crippen molar-refractivity contribution in [2.75, 3.05) is 13.1 Å². The van der Waals surface area contributed by atoms with Crippen LogP contribution in [0.25, 0.3) is 10.9 Å². The topological polar surface area (TPSA) is 83.9 Å². The molecule has 1 aliphatic heterocycles. The summed E-state index contributed by atoms with van der Waals surface area (Å²) < 4.78 is 1.94. The van der Waals surface area contributed by atoms with E-state index in [0.29, 0.717) is 5.92 Å². The number of benzene rings is 1. The minimum atomic E-state index is 0.0993. The van der Waals surface area contributed by atoms with Crippen LogP contribution >= 0.6 is 0 Å². The number of hydrogen-bond acceptors (Lipinski definition) is 4. The summed E-state index contributed by atoms with van der Waals surface area (Å²) in [4.78, 5) is 31.7. The van der Waals surface area contributed by atoms with Crippen molar-refractivity contribution in [2.45, 2.75) is 38.1 Å². The van der Waals surface area contributed by atoms with E-state index in [1.54, 1.807) is 0 Å². The second-order valence-electron chi connectivity index (χ2n) is 7.85. The van der Waals surface area contributed by atoms with Crippen LogP contribution in [0.5, 0.6) is 0 Å². The zero-order valence-corrected chi connectivity index (χ0v) is 15.7. The standard InChI is InChI=1S/C21H23N5O2/c27-19(25-9-7-15(8-10-25)21-22-13-23-24-21)12-26-11-17(20(28)14-5-6-14)16-3-1-2-4-18(16)26/h1-4,11,13-15H,5-10,12H2,(H,22,23,24). The monoisotopic (exact) mass is 377 g/mol. The molecule has 3 aromatic rings. The Kier molecular flexibility index (Phi) is 4.22. The van der Waals surface area contributed by atoms with Crippen molar-refractivity contribution in [1.82, 2.24) is 24.6 Å². The third-order valence-electron chi connectivity index (χ3n) is 5.98. The van der Waals surface area contributed by atoms with Crippen LogP contribution in [0.4, 0.5) is 0 Å². The number of fused-ring (bicyclic) bond motifs is 1. The van der Waals surface area contributed by atoms with Crippen LogP contribution in [-0.4, -0.2) is 49.4 Å². The molecule has 1 saturated carbocycles. The molecule has 0 atom stereocenters. The van der Waals surface area contributed by atoms with E-state index < -0.39 is 0 Å². The SMILES string of the molecule is O=C(c1cn(CC(=O)N2CCC(c3ncn[nH]3)CC2)c2ccccc12)C1CC1. The number of aromatic amines is 1. The summed E-state index contributed by atoms with van der Waals surface area (Å²) >= 11 is 0. The molecule has 1 aliphatic carbocycles. The molecule has 7 heteroatoms. The van der Waals surface area contributed by atoms with Gasteiger partial charge in [-0.25, -0.2) is 4.98 Å². The van der Waals surface area contributed by atoms with Crippen LogP contribution in [0, 0.1) is 5.92 Å². The highest BCUT2D eigenvalue weighted by Crippen LogP contribution is 2.35. The summed E-state index contributed by atoms with van der Waals surface area (Å²) in [5.74, 6) is 1.73. The van der Waals surface area contributed by atoms with Gasteiger partial charge in [-0.15, -0.1) is 0 Å². The summed E-state index contributed by atoms with van der Waals surface area (Å²) in [6.45, 7) is 1.71. The van der Waals surface area contributed by atoms with Gasteiger partial charge in [-0.05, 0) is 31.7 Å². The van der Waals surface area contributed by atoms with Gasteiger partial charge in [-0.3, -0.25) is 14.7 Å². The fourth-order valence-electron chi connectivity index (χ4n) is 4.20. The number of piperidine rings is 1. The van der Waals surface area contributed by atoms with E-state index in [1.807, 2.05) is 39.9 Å². The number of nitrogens with one attached hydrogen (secondary N) is 1. The molecule has 0 bridgehead atoms. The van der Waals surface area contributed by atoms with Crippen molar-refractivity contribution < 1.29 is 9.59 Å². The van der Waals surface area contributed by atoms with Gasteiger partial charge in [0.1, 0.15) is 18.7 Å². The first-order valence-electron chi connectivity index (χ1n) is 9.96. The van der Waals surface area contributed by atoms with Crippen molar-refractivity contribution >= 4 is 22.6 Å². The Morgan fingerprint density at radius 3 is 2.61 bits per heavy atom. The number of carbonyl (C=O) groups is 2. The predicted molar refractivity (Wildman–Crippen MR) is 104 cm³/mol. The molecule has 144 valence electrons. The second-order valence-corrected chi connectivity index (χ2v) is 7.85. The molecule has 0 spiro atoms. The van der Waals surface area contributed by atoms with Crippen LogP contribution in [0.15, 0.2) is 36.8 Å². The van der Waals surface area contributed by atoms with Gasteiger partial charge in [0.2, 0.25) is 5.91 Å². The van der Waals surface area contributed by atoms with E-state index in [-0.39, 0.29) is 24.2 Å². The van der Waals surface area contributed by atoms with Crippen molar-refractivity contribution in [3.8, 4) is 0 Å². The zero-order valence-electron chi connectivity index (χ0n) is 15.7. The Bertz CT molecular complexity index is 1010. The van der Waals surface area contributed by atoms with Crippen molar-refractivity contribution in [3.05, 3.63) is 48.2 Å². The molecule has 1 amide bonds. The van der Waals surface area contributed by atoms with Gasteiger partial charge in [0.05, 0.1) is 0 Å². The first-order valence-corrected chi connectivity index (χ1v) is 9.96. The Hall–Kier alpha value is -2.96. The van der Waals surface area contributed by atoms with E-state index in [4.69, 9.17) is 0 Å². The van der Waals surface area contributed by atoms with Crippen LogP contribution < -0.4 is 0 Å². The van der Waals surface area contributed by atoms with Gasteiger partial charge in [0, 0.05) is 47.6 Å². The van der Waals surface area contributed by atoms with Gasteiger partial charge in [-0.2, -0.15) is 5.10 Å². The fraction of sp³-hybridized carbons (Fsp3) is 0.429. The highest BCUT2D eigenvalue weighted by Gasteiger charge is 2.32. The van der Waals surface area contributed by atoms with Crippen LogP contribution in [0.3, 0.4) is 0 Å². The van der Waals surface area contributed by atoms with Gasteiger partial charge < -0.3 is 9.47 Å². The van der Waals surface area contributed by atoms with E-state index in [1.165, 1.54) is 6.33 Å². The molecule has 0 unspecified atom stereocenters. The summed E-state index contributed by atoms with van der Waals surface area (Å²) in [7, 11) is 0. The lowest BCUT2D eigenvalue weighted by Crippen LogP contribution is -2.39. The number of nitrogens with zero attached hydrogens (tertiary/aromatic N) is 4. The Labute approximate surface area is 162 Å². The number of ketones is 1. The summed E-state index contributed by atoms with van der Waals surface area (Å²) in [6.07, 6.45) is 7.15. The number of carbonyl (C=O) groups excluding carboxylic acids is 2. The molecular formula is C21H23N5O2. The number of hydrogen-bond donors (Lipinski definition) is 1. The molecule has 2 aliphatic rings. The number of aromatic nitrogens is 4. The molecule has 5 rings (SSSR count). The van der Waals surface area contributed by atoms with Gasteiger partial charge in [0.25, 0.3) is 0 Å². The second kappa shape index (κ2) is 6.89. The van der Waals surface area contributed by atoms with E-state index >= 15 is 0 Å².